The van der Waals surface area contributed by atoms with Crippen LogP contribution in [0.5, 0.6) is 0 Å². The van der Waals surface area contributed by atoms with Crippen molar-refractivity contribution >= 4 is 0 Å². The van der Waals surface area contributed by atoms with Gasteiger partial charge in [0.15, 0.2) is 0 Å². The summed E-state index contributed by atoms with van der Waals surface area (Å²) in [4.78, 5) is 0. The number of hydrogen-bond donors (Lipinski definition) is 1. The van der Waals surface area contributed by atoms with Crippen molar-refractivity contribution < 1.29 is 4.39 Å². The molecular weight excluding hydrogens is 225 g/mol. The number of benzene rings is 1. The van der Waals surface area contributed by atoms with E-state index in [-0.39, 0.29) is 5.82 Å². The Bertz CT molecular complexity index is 437. The molecule has 2 aliphatic carbocycles. The van der Waals surface area contributed by atoms with Gasteiger partial charge in [0, 0.05) is 12.1 Å². The Morgan fingerprint density at radius 3 is 2.83 bits per heavy atom. The zero-order valence-corrected chi connectivity index (χ0v) is 10.8. The average Bonchev–Trinajstić information content (AvgIpc) is 2.71. The molecule has 0 bridgehead atoms. The van der Waals surface area contributed by atoms with Crippen LogP contribution in [0.3, 0.4) is 0 Å². The first kappa shape index (κ1) is 11.9. The average molecular weight is 245 g/mol. The van der Waals surface area contributed by atoms with E-state index in [1.54, 1.807) is 12.1 Å². The molecule has 4 atom stereocenters. The molecule has 2 aliphatic rings. The van der Waals surface area contributed by atoms with Crippen molar-refractivity contribution in [3.8, 4) is 0 Å². The summed E-state index contributed by atoms with van der Waals surface area (Å²) in [6.07, 6.45) is 8.25. The number of hydrogen-bond acceptors (Lipinski definition) is 1. The molecule has 18 heavy (non-hydrogen) atoms. The van der Waals surface area contributed by atoms with Gasteiger partial charge in [0.2, 0.25) is 0 Å². The van der Waals surface area contributed by atoms with Crippen LogP contribution in [0.15, 0.2) is 36.4 Å². The smallest absolute Gasteiger partial charge is 0.123 e. The molecule has 96 valence electrons. The van der Waals surface area contributed by atoms with Gasteiger partial charge in [-0.2, -0.15) is 0 Å². The van der Waals surface area contributed by atoms with E-state index in [1.165, 1.54) is 18.4 Å². The molecule has 1 nitrogen and oxygen atoms in total. The molecule has 2 heteroatoms. The molecule has 1 fully saturated rings. The minimum absolute atomic E-state index is 0.155. The normalized spacial score (nSPS) is 30.9. The van der Waals surface area contributed by atoms with Gasteiger partial charge in [0.1, 0.15) is 5.82 Å². The van der Waals surface area contributed by atoms with Crippen LogP contribution in [0.4, 0.5) is 4.39 Å². The van der Waals surface area contributed by atoms with E-state index in [2.05, 4.69) is 24.4 Å². The Morgan fingerprint density at radius 2 is 2.11 bits per heavy atom. The van der Waals surface area contributed by atoms with Crippen LogP contribution < -0.4 is 5.32 Å². The topological polar surface area (TPSA) is 12.0 Å². The molecule has 1 saturated carbocycles. The van der Waals surface area contributed by atoms with E-state index in [4.69, 9.17) is 0 Å². The number of allylic oxidation sites excluding steroid dienone is 1. The molecule has 1 aromatic carbocycles. The summed E-state index contributed by atoms with van der Waals surface area (Å²) >= 11 is 0. The zero-order chi connectivity index (χ0) is 12.5. The molecule has 0 aliphatic heterocycles. The predicted molar refractivity (Wildman–Crippen MR) is 71.8 cm³/mol. The number of nitrogens with one attached hydrogen (secondary N) is 1. The Labute approximate surface area is 108 Å². The van der Waals surface area contributed by atoms with Crippen molar-refractivity contribution in [2.45, 2.75) is 38.3 Å². The van der Waals surface area contributed by atoms with Gasteiger partial charge in [-0.15, -0.1) is 0 Å². The highest BCUT2D eigenvalue weighted by Crippen LogP contribution is 2.42. The van der Waals surface area contributed by atoms with E-state index in [0.717, 1.165) is 18.3 Å². The maximum absolute atomic E-state index is 12.8. The molecule has 1 N–H and O–H groups in total. The molecule has 0 saturated heterocycles. The fourth-order valence-electron chi connectivity index (χ4n) is 3.31. The van der Waals surface area contributed by atoms with Gasteiger partial charge in [0.25, 0.3) is 0 Å². The second-order valence-corrected chi connectivity index (χ2v) is 5.74. The van der Waals surface area contributed by atoms with E-state index in [1.807, 2.05) is 12.1 Å². The lowest BCUT2D eigenvalue weighted by molar-refractivity contribution is 0.152. The van der Waals surface area contributed by atoms with Crippen LogP contribution in [0.2, 0.25) is 0 Å². The third-order valence-corrected chi connectivity index (χ3v) is 4.32. The number of halogens is 1. The lowest BCUT2D eigenvalue weighted by Gasteiger charge is -2.42. The van der Waals surface area contributed by atoms with E-state index in [0.29, 0.717) is 12.1 Å². The van der Waals surface area contributed by atoms with Gasteiger partial charge >= 0.3 is 0 Å². The van der Waals surface area contributed by atoms with Crippen LogP contribution in [0, 0.1) is 17.7 Å². The van der Waals surface area contributed by atoms with Crippen molar-refractivity contribution in [1.29, 1.82) is 0 Å². The van der Waals surface area contributed by atoms with Crippen LogP contribution in [-0.2, 0) is 6.42 Å². The number of fused-ring (bicyclic) bond motifs is 1. The van der Waals surface area contributed by atoms with Crippen LogP contribution >= 0.6 is 0 Å². The summed E-state index contributed by atoms with van der Waals surface area (Å²) in [5.74, 6) is 1.51. The van der Waals surface area contributed by atoms with E-state index < -0.39 is 0 Å². The van der Waals surface area contributed by atoms with Crippen molar-refractivity contribution in [2.75, 3.05) is 0 Å². The van der Waals surface area contributed by atoms with Gasteiger partial charge in [-0.3, -0.25) is 0 Å². The quantitative estimate of drug-likeness (QED) is 0.802. The van der Waals surface area contributed by atoms with E-state index >= 15 is 0 Å². The van der Waals surface area contributed by atoms with Gasteiger partial charge < -0.3 is 5.32 Å². The second-order valence-electron chi connectivity index (χ2n) is 5.74. The van der Waals surface area contributed by atoms with Gasteiger partial charge in [-0.1, -0.05) is 24.3 Å². The molecule has 3 rings (SSSR count). The molecule has 0 radical (unpaired) electrons. The molecule has 1 aromatic rings. The highest BCUT2D eigenvalue weighted by Gasteiger charge is 2.41. The molecule has 0 aromatic heterocycles. The Balaban J connectivity index is 1.51. The van der Waals surface area contributed by atoms with Gasteiger partial charge in [-0.05, 0) is 55.7 Å². The first-order valence-corrected chi connectivity index (χ1v) is 6.89. The van der Waals surface area contributed by atoms with Crippen molar-refractivity contribution in [2.24, 2.45) is 11.8 Å². The highest BCUT2D eigenvalue weighted by molar-refractivity contribution is 5.18. The first-order chi connectivity index (χ1) is 8.72. The molecular formula is C16H20FN. The highest BCUT2D eigenvalue weighted by atomic mass is 19.1. The standard InChI is InChI=1S/C16H20FN/c1-11(9-12-5-7-14(17)8-6-12)18-16-10-13-3-2-4-15(13)16/h2,4-8,11,13,15-16,18H,3,9-10H2,1H3. The summed E-state index contributed by atoms with van der Waals surface area (Å²) in [7, 11) is 0. The SMILES string of the molecule is CC(Cc1ccc(F)cc1)NC1CC2CC=CC21. The van der Waals surface area contributed by atoms with Crippen molar-refractivity contribution in [3.05, 3.63) is 47.8 Å². The Kier molecular flexibility index (Phi) is 3.21. The summed E-state index contributed by atoms with van der Waals surface area (Å²) in [5.41, 5.74) is 1.20. The Morgan fingerprint density at radius 1 is 1.33 bits per heavy atom. The lowest BCUT2D eigenvalue weighted by atomic mass is 9.71. The van der Waals surface area contributed by atoms with Crippen LogP contribution in [0.25, 0.3) is 0 Å². The molecule has 4 unspecified atom stereocenters. The molecule has 0 spiro atoms. The molecule has 0 amide bonds. The fourth-order valence-corrected chi connectivity index (χ4v) is 3.31. The van der Waals surface area contributed by atoms with Crippen molar-refractivity contribution in [3.63, 3.8) is 0 Å². The van der Waals surface area contributed by atoms with Crippen LogP contribution in [-0.4, -0.2) is 12.1 Å². The minimum Gasteiger partial charge on any atom is -0.311 e. The second kappa shape index (κ2) is 4.85. The zero-order valence-electron chi connectivity index (χ0n) is 10.8. The fraction of sp³-hybridized carbons (Fsp3) is 0.500. The van der Waals surface area contributed by atoms with Crippen LogP contribution in [0.1, 0.15) is 25.3 Å². The summed E-state index contributed by atoms with van der Waals surface area (Å²) in [6, 6.07) is 7.96. The van der Waals surface area contributed by atoms with E-state index in [9.17, 15) is 4.39 Å². The van der Waals surface area contributed by atoms with Crippen molar-refractivity contribution in [1.82, 2.24) is 5.32 Å². The van der Waals surface area contributed by atoms with Gasteiger partial charge in [-0.25, -0.2) is 4.39 Å². The third-order valence-electron chi connectivity index (χ3n) is 4.32. The van der Waals surface area contributed by atoms with Gasteiger partial charge in [0.05, 0.1) is 0 Å². The summed E-state index contributed by atoms with van der Waals surface area (Å²) in [5, 5.41) is 3.71. The maximum atomic E-state index is 12.8. The maximum Gasteiger partial charge on any atom is 0.123 e. The first-order valence-electron chi connectivity index (χ1n) is 6.89. The monoisotopic (exact) mass is 245 g/mol. The third kappa shape index (κ3) is 2.35. The molecule has 0 heterocycles. The summed E-state index contributed by atoms with van der Waals surface area (Å²) < 4.78 is 12.8. The minimum atomic E-state index is -0.155. The predicted octanol–water partition coefficient (Wildman–Crippen LogP) is 3.31. The largest absolute Gasteiger partial charge is 0.311 e. The lowest BCUT2D eigenvalue weighted by Crippen LogP contribution is -2.51. The summed E-state index contributed by atoms with van der Waals surface area (Å²) in [6.45, 7) is 2.22. The Hall–Kier alpha value is -1.15. The number of rotatable bonds is 4.